The van der Waals surface area contributed by atoms with Gasteiger partial charge in [0.25, 0.3) is 0 Å². The van der Waals surface area contributed by atoms with Crippen molar-refractivity contribution in [2.75, 3.05) is 13.7 Å². The summed E-state index contributed by atoms with van der Waals surface area (Å²) in [6.07, 6.45) is 3.73. The zero-order chi connectivity index (χ0) is 24.6. The average Bonchev–Trinajstić information content (AvgIpc) is 2.85. The number of ether oxygens (including phenoxy) is 3. The van der Waals surface area contributed by atoms with Gasteiger partial charge in [0.1, 0.15) is 24.7 Å². The van der Waals surface area contributed by atoms with E-state index in [0.29, 0.717) is 22.6 Å². The Kier molecular flexibility index (Phi) is 7.99. The predicted octanol–water partition coefficient (Wildman–Crippen LogP) is 6.15. The van der Waals surface area contributed by atoms with Gasteiger partial charge in [-0.15, -0.1) is 6.42 Å². The van der Waals surface area contributed by atoms with Crippen LogP contribution in [0.4, 0.5) is 13.2 Å². The highest BCUT2D eigenvalue weighted by Gasteiger charge is 2.29. The minimum absolute atomic E-state index is 0.0394. The zero-order valence-corrected chi connectivity index (χ0v) is 18.3. The Hall–Kier alpha value is -4.18. The second kappa shape index (κ2) is 11.1. The highest BCUT2D eigenvalue weighted by atomic mass is 19.4. The van der Waals surface area contributed by atoms with Crippen molar-refractivity contribution in [3.8, 4) is 35.0 Å². The maximum Gasteiger partial charge on any atom is 0.416 e. The Bertz CT molecular complexity index is 1210. The van der Waals surface area contributed by atoms with Crippen LogP contribution >= 0.6 is 0 Å². The molecule has 0 aliphatic carbocycles. The lowest BCUT2D eigenvalue weighted by Gasteiger charge is -2.12. The van der Waals surface area contributed by atoms with Gasteiger partial charge >= 0.3 is 12.1 Å². The van der Waals surface area contributed by atoms with Crippen LogP contribution in [0.2, 0.25) is 0 Å². The molecule has 3 rings (SSSR count). The van der Waals surface area contributed by atoms with E-state index in [1.165, 1.54) is 25.3 Å². The molecule has 0 heterocycles. The highest BCUT2D eigenvalue weighted by Crippen LogP contribution is 2.31. The van der Waals surface area contributed by atoms with Gasteiger partial charge in [0.05, 0.1) is 12.7 Å². The second-order valence-electron chi connectivity index (χ2n) is 7.11. The lowest BCUT2D eigenvalue weighted by Crippen LogP contribution is -2.04. The van der Waals surface area contributed by atoms with E-state index in [9.17, 15) is 18.0 Å². The van der Waals surface area contributed by atoms with Crippen molar-refractivity contribution < 1.29 is 32.2 Å². The van der Waals surface area contributed by atoms with Crippen LogP contribution < -0.4 is 9.47 Å². The number of benzene rings is 3. The number of alkyl halides is 3. The molecule has 0 saturated carbocycles. The first kappa shape index (κ1) is 24.5. The molecule has 34 heavy (non-hydrogen) atoms. The van der Waals surface area contributed by atoms with E-state index in [-0.39, 0.29) is 13.2 Å². The second-order valence-corrected chi connectivity index (χ2v) is 7.11. The molecule has 4 nitrogen and oxygen atoms in total. The van der Waals surface area contributed by atoms with Crippen LogP contribution in [0.25, 0.3) is 17.2 Å². The SMILES string of the molecule is C#CCOc1cc(OCc2cccc(-c3ccc(C(F)(F)F)cc3)c2)ccc1C=CC(=O)OC. The molecule has 0 atom stereocenters. The van der Waals surface area contributed by atoms with Crippen molar-refractivity contribution in [1.29, 1.82) is 0 Å². The van der Waals surface area contributed by atoms with Crippen molar-refractivity contribution in [1.82, 2.24) is 0 Å². The summed E-state index contributed by atoms with van der Waals surface area (Å²) in [7, 11) is 1.28. The van der Waals surface area contributed by atoms with Crippen LogP contribution in [0.5, 0.6) is 11.5 Å². The average molecular weight is 466 g/mol. The van der Waals surface area contributed by atoms with Crippen LogP contribution in [0.1, 0.15) is 16.7 Å². The summed E-state index contributed by atoms with van der Waals surface area (Å²) in [6, 6.07) is 17.5. The molecular formula is C27H21F3O4. The molecule has 0 spiro atoms. The molecule has 3 aromatic carbocycles. The Balaban J connectivity index is 1.74. The molecule has 0 aromatic heterocycles. The summed E-state index contributed by atoms with van der Waals surface area (Å²) in [5.41, 5.74) is 2.21. The Labute approximate surface area is 195 Å². The maximum atomic E-state index is 12.8. The number of halogens is 3. The molecule has 174 valence electrons. The largest absolute Gasteiger partial charge is 0.489 e. The van der Waals surface area contributed by atoms with E-state index >= 15 is 0 Å². The van der Waals surface area contributed by atoms with Crippen molar-refractivity contribution in [3.63, 3.8) is 0 Å². The fraction of sp³-hybridized carbons (Fsp3) is 0.148. The first-order valence-corrected chi connectivity index (χ1v) is 10.2. The van der Waals surface area contributed by atoms with E-state index in [4.69, 9.17) is 15.9 Å². The topological polar surface area (TPSA) is 44.8 Å². The quantitative estimate of drug-likeness (QED) is 0.227. The van der Waals surface area contributed by atoms with Crippen LogP contribution in [0.15, 0.2) is 72.8 Å². The number of methoxy groups -OCH3 is 1. The van der Waals surface area contributed by atoms with Crippen LogP contribution in [-0.2, 0) is 22.3 Å². The van der Waals surface area contributed by atoms with Crippen LogP contribution in [0.3, 0.4) is 0 Å². The normalized spacial score (nSPS) is 11.1. The zero-order valence-electron chi connectivity index (χ0n) is 18.3. The van der Waals surface area contributed by atoms with E-state index in [0.717, 1.165) is 23.3 Å². The highest BCUT2D eigenvalue weighted by molar-refractivity contribution is 5.87. The number of esters is 1. The van der Waals surface area contributed by atoms with Gasteiger partial charge in [-0.05, 0) is 53.1 Å². The lowest BCUT2D eigenvalue weighted by molar-refractivity contribution is -0.137. The van der Waals surface area contributed by atoms with E-state index < -0.39 is 17.7 Å². The summed E-state index contributed by atoms with van der Waals surface area (Å²) in [5, 5.41) is 0. The molecule has 3 aromatic rings. The number of rotatable bonds is 8. The fourth-order valence-corrected chi connectivity index (χ4v) is 3.07. The third kappa shape index (κ3) is 6.66. The van der Waals surface area contributed by atoms with Crippen molar-refractivity contribution in [2.45, 2.75) is 12.8 Å². The minimum atomic E-state index is -4.37. The molecule has 0 unspecified atom stereocenters. The molecule has 0 aliphatic rings. The summed E-state index contributed by atoms with van der Waals surface area (Å²) in [6.45, 7) is 0.262. The smallest absolute Gasteiger partial charge is 0.416 e. The van der Waals surface area contributed by atoms with Crippen molar-refractivity contribution in [2.24, 2.45) is 0 Å². The lowest BCUT2D eigenvalue weighted by atomic mass is 10.0. The van der Waals surface area contributed by atoms with E-state index in [1.807, 2.05) is 24.3 Å². The molecule has 0 bridgehead atoms. The minimum Gasteiger partial charge on any atom is -0.489 e. The number of carbonyl (C=O) groups excluding carboxylic acids is 1. The maximum absolute atomic E-state index is 12.8. The van der Waals surface area contributed by atoms with Gasteiger partial charge in [-0.25, -0.2) is 4.79 Å². The summed E-state index contributed by atoms with van der Waals surface area (Å²) >= 11 is 0. The predicted molar refractivity (Wildman–Crippen MR) is 123 cm³/mol. The summed E-state index contributed by atoms with van der Waals surface area (Å²) in [4.78, 5) is 11.4. The first-order chi connectivity index (χ1) is 16.3. The first-order valence-electron chi connectivity index (χ1n) is 10.2. The van der Waals surface area contributed by atoms with Crippen LogP contribution in [0, 0.1) is 12.3 Å². The number of carbonyl (C=O) groups is 1. The van der Waals surface area contributed by atoms with Crippen molar-refractivity contribution in [3.05, 3.63) is 89.5 Å². The summed E-state index contributed by atoms with van der Waals surface area (Å²) < 4.78 is 54.4. The van der Waals surface area contributed by atoms with Gasteiger partial charge in [-0.1, -0.05) is 36.3 Å². The van der Waals surface area contributed by atoms with Crippen molar-refractivity contribution >= 4 is 12.0 Å². The molecule has 0 radical (unpaired) electrons. The molecule has 0 aliphatic heterocycles. The summed E-state index contributed by atoms with van der Waals surface area (Å²) in [5.74, 6) is 2.84. The molecular weight excluding hydrogens is 445 g/mol. The third-order valence-corrected chi connectivity index (χ3v) is 4.77. The monoisotopic (exact) mass is 466 g/mol. The molecule has 0 amide bonds. The Morgan fingerprint density at radius 2 is 1.76 bits per heavy atom. The third-order valence-electron chi connectivity index (χ3n) is 4.77. The standard InChI is InChI=1S/C27H21F3O4/c1-3-15-33-25-17-24(13-9-21(25)10-14-26(31)32-2)34-18-19-5-4-6-22(16-19)20-7-11-23(12-8-20)27(28,29)30/h1,4-14,16-17H,15,18H2,2H3. The number of hydrogen-bond donors (Lipinski definition) is 0. The molecule has 0 saturated heterocycles. The molecule has 7 heteroatoms. The van der Waals surface area contributed by atoms with Gasteiger partial charge in [-0.3, -0.25) is 0 Å². The Morgan fingerprint density at radius 1 is 1.00 bits per heavy atom. The van der Waals surface area contributed by atoms with Gasteiger partial charge < -0.3 is 14.2 Å². The van der Waals surface area contributed by atoms with E-state index in [2.05, 4.69) is 10.7 Å². The van der Waals surface area contributed by atoms with Gasteiger partial charge in [0.2, 0.25) is 0 Å². The molecule has 0 fully saturated rings. The fourth-order valence-electron chi connectivity index (χ4n) is 3.07. The van der Waals surface area contributed by atoms with Gasteiger partial charge in [-0.2, -0.15) is 13.2 Å². The van der Waals surface area contributed by atoms with Gasteiger partial charge in [0.15, 0.2) is 0 Å². The van der Waals surface area contributed by atoms with Gasteiger partial charge in [0, 0.05) is 17.7 Å². The molecule has 0 N–H and O–H groups in total. The number of terminal acetylenes is 1. The van der Waals surface area contributed by atoms with Crippen LogP contribution in [-0.4, -0.2) is 19.7 Å². The van der Waals surface area contributed by atoms with E-state index in [1.54, 1.807) is 24.3 Å². The Morgan fingerprint density at radius 3 is 2.44 bits per heavy atom. The number of hydrogen-bond acceptors (Lipinski definition) is 4.